The Morgan fingerprint density at radius 1 is 1.06 bits per heavy atom. The SMILES string of the molecule is COc1ccccc1[C@@H]1C2=C(N=c3s/c(=C/c4ccc(C(=O)[O-])cc4)c(=O)n31)c1ccccc1CC2. The first-order valence-corrected chi connectivity index (χ1v) is 12.4. The predicted molar refractivity (Wildman–Crippen MR) is 137 cm³/mol. The van der Waals surface area contributed by atoms with E-state index >= 15 is 0 Å². The first kappa shape index (κ1) is 22.2. The quantitative estimate of drug-likeness (QED) is 0.438. The number of rotatable bonds is 4. The zero-order valence-electron chi connectivity index (χ0n) is 19.4. The second-order valence-electron chi connectivity index (χ2n) is 8.77. The van der Waals surface area contributed by atoms with E-state index in [1.54, 1.807) is 29.9 Å². The van der Waals surface area contributed by atoms with Crippen LogP contribution in [0, 0.1) is 0 Å². The molecule has 178 valence electrons. The number of carbonyl (C=O) groups excluding carboxylic acids is 1. The number of nitrogens with zero attached hydrogens (tertiary/aromatic N) is 2. The summed E-state index contributed by atoms with van der Waals surface area (Å²) in [6.45, 7) is 0. The van der Waals surface area contributed by atoms with Crippen LogP contribution in [-0.2, 0) is 6.42 Å². The van der Waals surface area contributed by atoms with Crippen LogP contribution in [-0.4, -0.2) is 17.6 Å². The number of carboxylic acid groups (broad SMARTS) is 1. The van der Waals surface area contributed by atoms with Gasteiger partial charge in [0.25, 0.3) is 5.56 Å². The van der Waals surface area contributed by atoms with E-state index in [0.717, 1.165) is 46.6 Å². The van der Waals surface area contributed by atoms with E-state index in [1.807, 2.05) is 36.4 Å². The molecule has 1 aliphatic heterocycles. The maximum atomic E-state index is 13.8. The lowest BCUT2D eigenvalue weighted by Gasteiger charge is -2.31. The largest absolute Gasteiger partial charge is 0.545 e. The molecule has 0 fully saturated rings. The zero-order chi connectivity index (χ0) is 24.8. The summed E-state index contributed by atoms with van der Waals surface area (Å²) in [6, 6.07) is 22.1. The van der Waals surface area contributed by atoms with E-state index in [-0.39, 0.29) is 17.2 Å². The van der Waals surface area contributed by atoms with Crippen molar-refractivity contribution in [3.63, 3.8) is 0 Å². The summed E-state index contributed by atoms with van der Waals surface area (Å²) in [5, 5.41) is 11.1. The van der Waals surface area contributed by atoms with Gasteiger partial charge in [0.05, 0.1) is 29.4 Å². The number of fused-ring (bicyclic) bond motifs is 3. The van der Waals surface area contributed by atoms with E-state index in [1.165, 1.54) is 29.0 Å². The first-order chi connectivity index (χ1) is 17.5. The molecule has 6 rings (SSSR count). The molecule has 1 aromatic heterocycles. The van der Waals surface area contributed by atoms with Crippen LogP contribution in [0.25, 0.3) is 11.8 Å². The highest BCUT2D eigenvalue weighted by Crippen LogP contribution is 2.43. The van der Waals surface area contributed by atoms with Crippen molar-refractivity contribution < 1.29 is 14.6 Å². The number of thiazole rings is 1. The molecule has 0 saturated heterocycles. The van der Waals surface area contributed by atoms with Gasteiger partial charge in [-0.3, -0.25) is 9.36 Å². The molecule has 0 radical (unpaired) electrons. The minimum atomic E-state index is -1.23. The van der Waals surface area contributed by atoms with Crippen molar-refractivity contribution in [2.75, 3.05) is 7.11 Å². The fourth-order valence-corrected chi connectivity index (χ4v) is 6.06. The Bertz CT molecular complexity index is 1730. The monoisotopic (exact) mass is 493 g/mol. The minimum absolute atomic E-state index is 0.0936. The summed E-state index contributed by atoms with van der Waals surface area (Å²) in [5.74, 6) is -0.508. The molecule has 36 heavy (non-hydrogen) atoms. The summed E-state index contributed by atoms with van der Waals surface area (Å²) in [4.78, 5) is 30.5. The average molecular weight is 494 g/mol. The normalized spacial score (nSPS) is 16.6. The maximum absolute atomic E-state index is 13.8. The van der Waals surface area contributed by atoms with Crippen LogP contribution in [0.1, 0.15) is 45.1 Å². The van der Waals surface area contributed by atoms with Crippen LogP contribution in [0.4, 0.5) is 0 Å². The van der Waals surface area contributed by atoms with Gasteiger partial charge >= 0.3 is 0 Å². The average Bonchev–Trinajstić information content (AvgIpc) is 3.22. The summed E-state index contributed by atoms with van der Waals surface area (Å²) >= 11 is 1.33. The van der Waals surface area contributed by atoms with Crippen LogP contribution < -0.4 is 24.7 Å². The predicted octanol–water partition coefficient (Wildman–Crippen LogP) is 2.69. The Morgan fingerprint density at radius 2 is 1.81 bits per heavy atom. The number of hydrogen-bond acceptors (Lipinski definition) is 6. The second kappa shape index (κ2) is 8.77. The third-order valence-electron chi connectivity index (χ3n) is 6.75. The van der Waals surface area contributed by atoms with Crippen molar-refractivity contribution in [2.24, 2.45) is 4.99 Å². The van der Waals surface area contributed by atoms with E-state index in [9.17, 15) is 14.7 Å². The van der Waals surface area contributed by atoms with Gasteiger partial charge in [0, 0.05) is 11.1 Å². The first-order valence-electron chi connectivity index (χ1n) is 11.6. The molecule has 0 spiro atoms. The van der Waals surface area contributed by atoms with Crippen LogP contribution >= 0.6 is 11.3 Å². The molecule has 0 bridgehead atoms. The molecule has 2 aliphatic rings. The van der Waals surface area contributed by atoms with Crippen LogP contribution in [0.5, 0.6) is 5.75 Å². The Kier molecular flexibility index (Phi) is 5.42. The molecule has 1 atom stereocenters. The van der Waals surface area contributed by atoms with Crippen LogP contribution in [0.15, 0.2) is 88.2 Å². The number of allylic oxidation sites excluding steroid dienone is 1. The molecule has 0 unspecified atom stereocenters. The lowest BCUT2D eigenvalue weighted by Crippen LogP contribution is -2.39. The number of ether oxygens (including phenoxy) is 1. The van der Waals surface area contributed by atoms with Crippen molar-refractivity contribution in [3.05, 3.63) is 126 Å². The van der Waals surface area contributed by atoms with Crippen molar-refractivity contribution >= 4 is 29.1 Å². The van der Waals surface area contributed by atoms with Crippen LogP contribution in [0.2, 0.25) is 0 Å². The number of carboxylic acids is 1. The fourth-order valence-electron chi connectivity index (χ4n) is 5.06. The number of aryl methyl sites for hydroxylation is 1. The maximum Gasteiger partial charge on any atom is 0.271 e. The molecule has 0 N–H and O–H groups in total. The molecule has 3 aromatic carbocycles. The Labute approximate surface area is 210 Å². The highest BCUT2D eigenvalue weighted by Gasteiger charge is 2.33. The Hall–Kier alpha value is -4.23. The molecule has 6 nitrogen and oxygen atoms in total. The number of hydrogen-bond donors (Lipinski definition) is 0. The van der Waals surface area contributed by atoms with Crippen molar-refractivity contribution in [1.82, 2.24) is 4.57 Å². The van der Waals surface area contributed by atoms with E-state index in [4.69, 9.17) is 9.73 Å². The number of aromatic nitrogens is 1. The number of benzene rings is 3. The highest BCUT2D eigenvalue weighted by molar-refractivity contribution is 7.07. The number of methoxy groups -OCH3 is 1. The number of carbonyl (C=O) groups is 1. The van der Waals surface area contributed by atoms with E-state index in [2.05, 4.69) is 12.1 Å². The van der Waals surface area contributed by atoms with Gasteiger partial charge in [-0.05, 0) is 47.2 Å². The molecule has 0 amide bonds. The third-order valence-corrected chi connectivity index (χ3v) is 7.73. The molecule has 0 saturated carbocycles. The van der Waals surface area contributed by atoms with Crippen molar-refractivity contribution in [2.45, 2.75) is 18.9 Å². The Balaban J connectivity index is 1.60. The van der Waals surface area contributed by atoms with Gasteiger partial charge in [0.2, 0.25) is 0 Å². The second-order valence-corrected chi connectivity index (χ2v) is 9.77. The zero-order valence-corrected chi connectivity index (χ0v) is 20.2. The van der Waals surface area contributed by atoms with Crippen LogP contribution in [0.3, 0.4) is 0 Å². The lowest BCUT2D eigenvalue weighted by molar-refractivity contribution is -0.255. The lowest BCUT2D eigenvalue weighted by atomic mass is 9.83. The molecule has 7 heteroatoms. The van der Waals surface area contributed by atoms with Crippen molar-refractivity contribution in [3.8, 4) is 5.75 Å². The van der Waals surface area contributed by atoms with Gasteiger partial charge in [-0.25, -0.2) is 4.99 Å². The number of para-hydroxylation sites is 1. The van der Waals surface area contributed by atoms with Gasteiger partial charge in [0.1, 0.15) is 5.75 Å². The van der Waals surface area contributed by atoms with Gasteiger partial charge in [-0.15, -0.1) is 0 Å². The van der Waals surface area contributed by atoms with E-state index < -0.39 is 5.97 Å². The Morgan fingerprint density at radius 3 is 2.58 bits per heavy atom. The summed E-state index contributed by atoms with van der Waals surface area (Å²) in [5.41, 5.74) is 6.01. The van der Waals surface area contributed by atoms with Gasteiger partial charge in [0.15, 0.2) is 4.80 Å². The minimum Gasteiger partial charge on any atom is -0.545 e. The number of aromatic carboxylic acids is 1. The molecule has 4 aromatic rings. The molecular formula is C29H21N2O4S-. The molecular weight excluding hydrogens is 472 g/mol. The van der Waals surface area contributed by atoms with Crippen molar-refractivity contribution in [1.29, 1.82) is 0 Å². The topological polar surface area (TPSA) is 83.7 Å². The highest BCUT2D eigenvalue weighted by atomic mass is 32.1. The standard InChI is InChI=1S/C29H22N2O4S/c1-35-23-9-5-4-8-21(23)26-22-15-14-18-6-2-3-7-20(18)25(22)30-29-31(26)27(32)24(36-29)16-17-10-12-19(13-11-17)28(33)34/h2-13,16,26H,14-15H2,1H3,(H,33,34)/p-1/b24-16+/t26-/m1/s1. The summed E-state index contributed by atoms with van der Waals surface area (Å²) in [6.07, 6.45) is 3.46. The summed E-state index contributed by atoms with van der Waals surface area (Å²) < 4.78 is 8.01. The fraction of sp³-hybridized carbons (Fsp3) is 0.138. The van der Waals surface area contributed by atoms with Gasteiger partial charge in [-0.2, -0.15) is 0 Å². The smallest absolute Gasteiger partial charge is 0.271 e. The molecule has 2 heterocycles. The van der Waals surface area contributed by atoms with Gasteiger partial charge < -0.3 is 14.6 Å². The third kappa shape index (κ3) is 3.60. The van der Waals surface area contributed by atoms with E-state index in [0.29, 0.717) is 9.33 Å². The summed E-state index contributed by atoms with van der Waals surface area (Å²) in [7, 11) is 1.64. The van der Waals surface area contributed by atoms with Gasteiger partial charge in [-0.1, -0.05) is 78.1 Å². The molecule has 1 aliphatic carbocycles.